The lowest BCUT2D eigenvalue weighted by Crippen LogP contribution is -2.44. The van der Waals surface area contributed by atoms with Gasteiger partial charge in [-0.05, 0) is 33.8 Å². The highest BCUT2D eigenvalue weighted by molar-refractivity contribution is 7.18. The lowest BCUT2D eigenvalue weighted by molar-refractivity contribution is 0.237. The summed E-state index contributed by atoms with van der Waals surface area (Å²) in [4.78, 5) is 20.2. The van der Waals surface area contributed by atoms with Crippen LogP contribution in [0, 0.1) is 6.92 Å². The van der Waals surface area contributed by atoms with Crippen LogP contribution in [0.25, 0.3) is 0 Å². The summed E-state index contributed by atoms with van der Waals surface area (Å²) in [5, 5.41) is 5.22. The maximum Gasteiger partial charge on any atom is 0.315 e. The maximum absolute atomic E-state index is 11.5. The minimum absolute atomic E-state index is 0.121. The Bertz CT molecular complexity index is 420. The van der Waals surface area contributed by atoms with Gasteiger partial charge in [0.25, 0.3) is 0 Å². The predicted octanol–water partition coefficient (Wildman–Crippen LogP) is 1.58. The second-order valence-electron chi connectivity index (χ2n) is 4.92. The summed E-state index contributed by atoms with van der Waals surface area (Å²) >= 11 is 0. The van der Waals surface area contributed by atoms with Gasteiger partial charge in [-0.1, -0.05) is 0 Å². The minimum atomic E-state index is -0.375. The number of aryl methyl sites for hydroxylation is 1. The fourth-order valence-electron chi connectivity index (χ4n) is 1.38. The normalized spacial score (nSPS) is 14.1. The highest BCUT2D eigenvalue weighted by Crippen LogP contribution is 2.27. The summed E-state index contributed by atoms with van der Waals surface area (Å²) in [5.74, 6) is 0.706. The molecular weight excluding hydrogens is 247 g/mol. The number of hydrogen-bond acceptors (Lipinski definition) is 3. The van der Waals surface area contributed by atoms with Crippen molar-refractivity contribution in [1.82, 2.24) is 20.6 Å². The number of carbonyl (C=O) groups excluding carboxylic acids is 1. The average molecular weight is 268 g/mol. The zero-order valence-electron chi connectivity index (χ0n) is 11.3. The van der Waals surface area contributed by atoms with Crippen LogP contribution in [0.1, 0.15) is 32.3 Å². The van der Waals surface area contributed by atoms with E-state index >= 15 is 0 Å². The second kappa shape index (κ2) is 6.10. The van der Waals surface area contributed by atoms with E-state index in [9.17, 15) is 4.79 Å². The minimum Gasteiger partial charge on any atom is -0.337 e. The third kappa shape index (κ3) is 4.57. The molecule has 2 amide bonds. The summed E-state index contributed by atoms with van der Waals surface area (Å²) < 4.78 is 0. The predicted molar refractivity (Wildman–Crippen MR) is 75.5 cm³/mol. The first-order valence-corrected chi connectivity index (χ1v) is 6.52. The Labute approximate surface area is 110 Å². The molecule has 0 spiro atoms. The highest BCUT2D eigenvalue weighted by Gasteiger charge is 2.25. The first kappa shape index (κ1) is 14.8. The Morgan fingerprint density at radius 3 is 2.78 bits per heavy atom. The molecule has 18 heavy (non-hydrogen) atoms. The lowest BCUT2D eigenvalue weighted by Gasteiger charge is -2.23. The quantitative estimate of drug-likeness (QED) is 0.815. The van der Waals surface area contributed by atoms with E-state index in [1.807, 2.05) is 33.8 Å². The Balaban J connectivity index is 2.62. The lowest BCUT2D eigenvalue weighted by atomic mass is 10.1. The van der Waals surface area contributed by atoms with Gasteiger partial charge in [0.2, 0.25) is 0 Å². The summed E-state index contributed by atoms with van der Waals surface area (Å²) in [5.41, 5.74) is 0.917. The van der Waals surface area contributed by atoms with Crippen LogP contribution < -0.4 is 10.6 Å². The molecule has 5 nitrogen and oxygen atoms in total. The molecular formula is C12H21N4OP. The first-order valence-electron chi connectivity index (χ1n) is 5.94. The standard InChI is InChI=1S/C12H21N4OP/c1-8(2)15-11(17)14-7-12(4,18)10-13-6-5-9(3)16-10/h5-6,8H,7,18H2,1-4H3,(H2,14,15,17). The van der Waals surface area contributed by atoms with Crippen LogP contribution in [-0.2, 0) is 5.16 Å². The molecule has 0 aliphatic carbocycles. The van der Waals surface area contributed by atoms with Gasteiger partial charge in [-0.3, -0.25) is 0 Å². The molecule has 1 heterocycles. The van der Waals surface area contributed by atoms with Gasteiger partial charge in [0, 0.05) is 24.5 Å². The molecule has 2 unspecified atom stereocenters. The van der Waals surface area contributed by atoms with Crippen LogP contribution >= 0.6 is 9.24 Å². The van der Waals surface area contributed by atoms with E-state index in [0.717, 1.165) is 5.69 Å². The van der Waals surface area contributed by atoms with Crippen molar-refractivity contribution in [2.75, 3.05) is 6.54 Å². The van der Waals surface area contributed by atoms with Crippen molar-refractivity contribution >= 4 is 15.3 Å². The van der Waals surface area contributed by atoms with Crippen LogP contribution in [0.5, 0.6) is 0 Å². The van der Waals surface area contributed by atoms with Crippen LogP contribution in [0.15, 0.2) is 12.3 Å². The van der Waals surface area contributed by atoms with E-state index < -0.39 is 0 Å². The molecule has 0 saturated heterocycles. The fourth-order valence-corrected chi connectivity index (χ4v) is 1.62. The largest absolute Gasteiger partial charge is 0.337 e. The molecule has 0 fully saturated rings. The van der Waals surface area contributed by atoms with Gasteiger partial charge in [-0.25, -0.2) is 14.8 Å². The summed E-state index contributed by atoms with van der Waals surface area (Å²) in [6, 6.07) is 1.80. The van der Waals surface area contributed by atoms with Gasteiger partial charge in [-0.15, -0.1) is 9.24 Å². The molecule has 0 bridgehead atoms. The molecule has 1 aromatic rings. The number of carbonyl (C=O) groups is 1. The third-order valence-electron chi connectivity index (χ3n) is 2.34. The van der Waals surface area contributed by atoms with Gasteiger partial charge in [0.1, 0.15) is 5.82 Å². The van der Waals surface area contributed by atoms with E-state index in [-0.39, 0.29) is 17.2 Å². The number of rotatable bonds is 4. The zero-order valence-corrected chi connectivity index (χ0v) is 12.5. The Morgan fingerprint density at radius 1 is 1.56 bits per heavy atom. The third-order valence-corrected chi connectivity index (χ3v) is 2.80. The van der Waals surface area contributed by atoms with E-state index in [1.54, 1.807) is 6.20 Å². The van der Waals surface area contributed by atoms with Crippen LogP contribution in [-0.4, -0.2) is 28.6 Å². The monoisotopic (exact) mass is 268 g/mol. The summed E-state index contributed by atoms with van der Waals surface area (Å²) in [6.45, 7) is 8.19. The van der Waals surface area contributed by atoms with Crippen molar-refractivity contribution in [3.8, 4) is 0 Å². The van der Waals surface area contributed by atoms with Crippen LogP contribution in [0.3, 0.4) is 0 Å². The fraction of sp³-hybridized carbons (Fsp3) is 0.583. The highest BCUT2D eigenvalue weighted by atomic mass is 31.0. The van der Waals surface area contributed by atoms with Gasteiger partial charge >= 0.3 is 6.03 Å². The average Bonchev–Trinajstić information content (AvgIpc) is 2.26. The maximum atomic E-state index is 11.5. The Morgan fingerprint density at radius 2 is 2.22 bits per heavy atom. The van der Waals surface area contributed by atoms with Crippen molar-refractivity contribution < 1.29 is 4.79 Å². The Hall–Kier alpha value is -1.22. The SMILES string of the molecule is Cc1ccnc(C(C)(P)CNC(=O)NC(C)C)n1. The molecule has 6 heteroatoms. The zero-order chi connectivity index (χ0) is 13.8. The second-order valence-corrected chi connectivity index (χ2v) is 6.20. The van der Waals surface area contributed by atoms with Crippen LogP contribution in [0.2, 0.25) is 0 Å². The van der Waals surface area contributed by atoms with E-state index in [0.29, 0.717) is 12.4 Å². The van der Waals surface area contributed by atoms with Gasteiger partial charge in [0.15, 0.2) is 0 Å². The molecule has 2 N–H and O–H groups in total. The first-order chi connectivity index (χ1) is 8.31. The smallest absolute Gasteiger partial charge is 0.315 e. The topological polar surface area (TPSA) is 66.9 Å². The summed E-state index contributed by atoms with van der Waals surface area (Å²) in [7, 11) is 2.70. The molecule has 100 valence electrons. The van der Waals surface area contributed by atoms with Gasteiger partial charge in [0.05, 0.1) is 5.16 Å². The van der Waals surface area contributed by atoms with Crippen molar-refractivity contribution in [3.05, 3.63) is 23.8 Å². The number of amides is 2. The van der Waals surface area contributed by atoms with E-state index in [2.05, 4.69) is 29.8 Å². The number of nitrogens with one attached hydrogen (secondary N) is 2. The van der Waals surface area contributed by atoms with Gasteiger partial charge in [-0.2, -0.15) is 0 Å². The molecule has 1 rings (SSSR count). The van der Waals surface area contributed by atoms with E-state index in [4.69, 9.17) is 0 Å². The van der Waals surface area contributed by atoms with Crippen molar-refractivity contribution in [1.29, 1.82) is 0 Å². The molecule has 0 aliphatic heterocycles. The number of urea groups is 1. The number of aromatic nitrogens is 2. The number of nitrogens with zero attached hydrogens (tertiary/aromatic N) is 2. The molecule has 2 atom stereocenters. The number of hydrogen-bond donors (Lipinski definition) is 2. The molecule has 0 aromatic carbocycles. The van der Waals surface area contributed by atoms with Crippen molar-refractivity contribution in [3.63, 3.8) is 0 Å². The van der Waals surface area contributed by atoms with Crippen molar-refractivity contribution in [2.24, 2.45) is 0 Å². The Kier molecular flexibility index (Phi) is 5.03. The molecule has 0 aliphatic rings. The van der Waals surface area contributed by atoms with Gasteiger partial charge < -0.3 is 10.6 Å². The molecule has 1 aromatic heterocycles. The van der Waals surface area contributed by atoms with Crippen molar-refractivity contribution in [2.45, 2.75) is 38.9 Å². The van der Waals surface area contributed by atoms with E-state index in [1.165, 1.54) is 0 Å². The molecule has 0 saturated carbocycles. The van der Waals surface area contributed by atoms with Crippen LogP contribution in [0.4, 0.5) is 4.79 Å². The molecule has 0 radical (unpaired) electrons. The summed E-state index contributed by atoms with van der Waals surface area (Å²) in [6.07, 6.45) is 1.73.